The Morgan fingerprint density at radius 1 is 1.28 bits per heavy atom. The molecule has 0 bridgehead atoms. The van der Waals surface area contributed by atoms with Gasteiger partial charge in [0.05, 0.1) is 23.3 Å². The third-order valence-electron chi connectivity index (χ3n) is 5.80. The zero-order chi connectivity index (χ0) is 22.9. The molecule has 6 nitrogen and oxygen atoms in total. The highest BCUT2D eigenvalue weighted by atomic mass is 19.4. The molecule has 1 aliphatic rings. The van der Waals surface area contributed by atoms with Crippen LogP contribution in [0.25, 0.3) is 11.1 Å². The Morgan fingerprint density at radius 2 is 2.03 bits per heavy atom. The molecule has 0 aliphatic carbocycles. The molecule has 0 N–H and O–H groups in total. The van der Waals surface area contributed by atoms with E-state index in [1.807, 2.05) is 12.1 Å². The molecule has 0 unspecified atom stereocenters. The van der Waals surface area contributed by atoms with Gasteiger partial charge >= 0.3 is 6.18 Å². The van der Waals surface area contributed by atoms with Crippen LogP contribution in [0.15, 0.2) is 34.9 Å². The number of ether oxygens (including phenoxy) is 1. The number of methoxy groups -OCH3 is 1. The highest BCUT2D eigenvalue weighted by Gasteiger charge is 2.38. The number of nitrogens with zero attached hydrogens (tertiary/aromatic N) is 3. The highest BCUT2D eigenvalue weighted by Crippen LogP contribution is 2.40. The molecule has 3 heterocycles. The summed E-state index contributed by atoms with van der Waals surface area (Å²) >= 11 is 0. The molecule has 2 aromatic heterocycles. The second-order valence-corrected chi connectivity index (χ2v) is 7.98. The maximum absolute atomic E-state index is 13.8. The van der Waals surface area contributed by atoms with Gasteiger partial charge in [0.1, 0.15) is 0 Å². The predicted molar refractivity (Wildman–Crippen MR) is 111 cm³/mol. The number of alkyl halides is 3. The maximum Gasteiger partial charge on any atom is 0.417 e. The average Bonchev–Trinajstić information content (AvgIpc) is 3.22. The summed E-state index contributed by atoms with van der Waals surface area (Å²) in [5, 5.41) is 3.88. The number of hydrogen-bond donors (Lipinski definition) is 0. The van der Waals surface area contributed by atoms with Crippen molar-refractivity contribution in [1.29, 1.82) is 0 Å². The number of carbonyl (C=O) groups is 1. The summed E-state index contributed by atoms with van der Waals surface area (Å²) in [4.78, 5) is 18.9. The molecule has 1 amide bonds. The lowest BCUT2D eigenvalue weighted by molar-refractivity contribution is -0.136. The maximum atomic E-state index is 13.8. The van der Waals surface area contributed by atoms with Gasteiger partial charge in [-0.15, -0.1) is 0 Å². The van der Waals surface area contributed by atoms with Crippen molar-refractivity contribution in [3.8, 4) is 0 Å². The number of amides is 1. The Bertz CT molecular complexity index is 1110. The molecular formula is C23H24F3N3O3. The fourth-order valence-electron chi connectivity index (χ4n) is 4.19. The third-order valence-corrected chi connectivity index (χ3v) is 5.80. The summed E-state index contributed by atoms with van der Waals surface area (Å²) < 4.78 is 51.7. The first kappa shape index (κ1) is 22.3. The molecule has 32 heavy (non-hydrogen) atoms. The average molecular weight is 447 g/mol. The lowest BCUT2D eigenvalue weighted by atomic mass is 9.91. The SMILES string of the molecule is CCc1cc(C(F)(F)F)c2c([C@@H]3CCCN(C(=O)c4ccc(COC)cc4)C3)noc2n1. The number of aryl methyl sites for hydroxylation is 1. The van der Waals surface area contributed by atoms with E-state index in [0.29, 0.717) is 43.7 Å². The first-order chi connectivity index (χ1) is 15.3. The molecule has 0 radical (unpaired) electrons. The van der Waals surface area contributed by atoms with E-state index in [4.69, 9.17) is 9.26 Å². The van der Waals surface area contributed by atoms with Crippen molar-refractivity contribution >= 4 is 17.0 Å². The van der Waals surface area contributed by atoms with Gasteiger partial charge in [-0.2, -0.15) is 13.2 Å². The Hall–Kier alpha value is -2.94. The number of piperidine rings is 1. The topological polar surface area (TPSA) is 68.5 Å². The van der Waals surface area contributed by atoms with Crippen LogP contribution in [0, 0.1) is 0 Å². The van der Waals surface area contributed by atoms with Crippen molar-refractivity contribution in [1.82, 2.24) is 15.0 Å². The van der Waals surface area contributed by atoms with Crippen molar-refractivity contribution in [2.45, 2.75) is 44.9 Å². The van der Waals surface area contributed by atoms with Crippen molar-refractivity contribution in [2.75, 3.05) is 20.2 Å². The third kappa shape index (κ3) is 4.34. The summed E-state index contributed by atoms with van der Waals surface area (Å²) in [6.45, 7) is 3.00. The van der Waals surface area contributed by atoms with Crippen LogP contribution < -0.4 is 0 Å². The van der Waals surface area contributed by atoms with E-state index >= 15 is 0 Å². The lowest BCUT2D eigenvalue weighted by Crippen LogP contribution is -2.39. The summed E-state index contributed by atoms with van der Waals surface area (Å²) in [6, 6.07) is 8.20. The largest absolute Gasteiger partial charge is 0.417 e. The van der Waals surface area contributed by atoms with Gasteiger partial charge in [0.2, 0.25) is 0 Å². The zero-order valence-electron chi connectivity index (χ0n) is 17.9. The molecular weight excluding hydrogens is 423 g/mol. The summed E-state index contributed by atoms with van der Waals surface area (Å²) in [5.74, 6) is -0.522. The molecule has 1 aliphatic heterocycles. The number of benzene rings is 1. The number of fused-ring (bicyclic) bond motifs is 1. The predicted octanol–water partition coefficient (Wildman–Crippen LogP) is 4.97. The van der Waals surface area contributed by atoms with Gasteiger partial charge in [0.25, 0.3) is 11.6 Å². The van der Waals surface area contributed by atoms with Crippen LogP contribution in [0.2, 0.25) is 0 Å². The van der Waals surface area contributed by atoms with Crippen LogP contribution in [0.4, 0.5) is 13.2 Å². The van der Waals surface area contributed by atoms with Crippen molar-refractivity contribution in [3.05, 3.63) is 58.4 Å². The van der Waals surface area contributed by atoms with E-state index in [1.54, 1.807) is 31.1 Å². The summed E-state index contributed by atoms with van der Waals surface area (Å²) in [5.41, 5.74) is 1.10. The monoisotopic (exact) mass is 447 g/mol. The number of aromatic nitrogens is 2. The van der Waals surface area contributed by atoms with E-state index in [2.05, 4.69) is 10.1 Å². The summed E-state index contributed by atoms with van der Waals surface area (Å²) in [6.07, 6.45) is -2.93. The fourth-order valence-corrected chi connectivity index (χ4v) is 4.19. The van der Waals surface area contributed by atoms with Crippen LogP contribution in [0.5, 0.6) is 0 Å². The minimum absolute atomic E-state index is 0.0992. The van der Waals surface area contributed by atoms with Gasteiger partial charge in [0.15, 0.2) is 0 Å². The van der Waals surface area contributed by atoms with Gasteiger partial charge in [-0.25, -0.2) is 4.98 Å². The first-order valence-corrected chi connectivity index (χ1v) is 10.5. The minimum Gasteiger partial charge on any atom is -0.380 e. The van der Waals surface area contributed by atoms with Crippen molar-refractivity contribution in [2.24, 2.45) is 0 Å². The van der Waals surface area contributed by atoms with Gasteiger partial charge in [-0.05, 0) is 43.0 Å². The second kappa shape index (κ2) is 8.90. The second-order valence-electron chi connectivity index (χ2n) is 7.98. The zero-order valence-corrected chi connectivity index (χ0v) is 17.9. The Kier molecular flexibility index (Phi) is 6.19. The van der Waals surface area contributed by atoms with E-state index in [0.717, 1.165) is 11.6 Å². The standard InChI is InChI=1S/C23H24F3N3O3/c1-3-17-11-18(23(24,25)26)19-20(28-32-21(19)27-17)16-5-4-10-29(12-16)22(30)15-8-6-14(7-9-15)13-31-2/h6-9,11,16H,3-5,10,12-13H2,1-2H3/t16-/m1/s1. The molecule has 9 heteroatoms. The normalized spacial score (nSPS) is 17.2. The van der Waals surface area contributed by atoms with Crippen molar-refractivity contribution < 1.29 is 27.2 Å². The Morgan fingerprint density at radius 3 is 2.69 bits per heavy atom. The van der Waals surface area contributed by atoms with Crippen molar-refractivity contribution in [3.63, 3.8) is 0 Å². The number of halogens is 3. The Balaban J connectivity index is 1.63. The number of pyridine rings is 1. The fraction of sp³-hybridized carbons (Fsp3) is 0.435. The number of carbonyl (C=O) groups excluding carboxylic acids is 1. The van der Waals surface area contributed by atoms with Gasteiger partial charge in [-0.1, -0.05) is 24.2 Å². The summed E-state index contributed by atoms with van der Waals surface area (Å²) in [7, 11) is 1.60. The number of rotatable bonds is 5. The highest BCUT2D eigenvalue weighted by molar-refractivity contribution is 5.94. The first-order valence-electron chi connectivity index (χ1n) is 10.5. The van der Waals surface area contributed by atoms with Crippen LogP contribution in [0.1, 0.15) is 58.6 Å². The van der Waals surface area contributed by atoms with E-state index < -0.39 is 11.7 Å². The quantitative estimate of drug-likeness (QED) is 0.552. The molecule has 1 saturated heterocycles. The molecule has 1 atom stereocenters. The number of likely N-dealkylation sites (tertiary alicyclic amines) is 1. The molecule has 1 fully saturated rings. The van der Waals surface area contributed by atoms with Crippen LogP contribution in [-0.2, 0) is 23.9 Å². The van der Waals surface area contributed by atoms with E-state index in [1.165, 1.54) is 0 Å². The molecule has 0 saturated carbocycles. The van der Waals surface area contributed by atoms with E-state index in [-0.39, 0.29) is 35.2 Å². The Labute approximate surface area is 183 Å². The molecule has 3 aromatic rings. The van der Waals surface area contributed by atoms with Crippen LogP contribution >= 0.6 is 0 Å². The van der Waals surface area contributed by atoms with Gasteiger partial charge in [0, 0.05) is 37.4 Å². The van der Waals surface area contributed by atoms with Crippen LogP contribution in [-0.4, -0.2) is 41.1 Å². The smallest absolute Gasteiger partial charge is 0.380 e. The van der Waals surface area contributed by atoms with Gasteiger partial charge < -0.3 is 14.2 Å². The molecule has 1 aromatic carbocycles. The lowest BCUT2D eigenvalue weighted by Gasteiger charge is -2.32. The van der Waals surface area contributed by atoms with E-state index in [9.17, 15) is 18.0 Å². The number of hydrogen-bond acceptors (Lipinski definition) is 5. The molecule has 0 spiro atoms. The minimum atomic E-state index is -4.56. The molecule has 4 rings (SSSR count). The van der Waals surface area contributed by atoms with Crippen LogP contribution in [0.3, 0.4) is 0 Å². The molecule has 170 valence electrons. The van der Waals surface area contributed by atoms with Gasteiger partial charge in [-0.3, -0.25) is 4.79 Å².